The van der Waals surface area contributed by atoms with Crippen LogP contribution in [-0.2, 0) is 6.54 Å². The molecule has 0 amide bonds. The summed E-state index contributed by atoms with van der Waals surface area (Å²) >= 11 is 0. The van der Waals surface area contributed by atoms with E-state index in [1.54, 1.807) is 34.0 Å². The molecule has 1 N–H and O–H groups in total. The summed E-state index contributed by atoms with van der Waals surface area (Å²) in [6, 6.07) is 6.43. The van der Waals surface area contributed by atoms with Crippen LogP contribution in [0, 0.1) is 11.6 Å². The Balaban J connectivity index is 1.89. The maximum absolute atomic E-state index is 14.5. The number of hydrogen-bond acceptors (Lipinski definition) is 4. The zero-order chi connectivity index (χ0) is 19.7. The third kappa shape index (κ3) is 3.22. The molecule has 0 spiro atoms. The van der Waals surface area contributed by atoms with Gasteiger partial charge in [0.1, 0.15) is 24.3 Å². The van der Waals surface area contributed by atoms with Crippen LogP contribution >= 0.6 is 0 Å². The zero-order valence-corrected chi connectivity index (χ0v) is 14.9. The number of hydrogen-bond donors (Lipinski definition) is 1. The molecule has 28 heavy (non-hydrogen) atoms. The predicted molar refractivity (Wildman–Crippen MR) is 98.4 cm³/mol. The summed E-state index contributed by atoms with van der Waals surface area (Å²) in [4.78, 5) is 23.3. The zero-order valence-electron chi connectivity index (χ0n) is 14.9. The van der Waals surface area contributed by atoms with Gasteiger partial charge in [0.15, 0.2) is 0 Å². The molecule has 9 heteroatoms. The number of aromatic nitrogens is 6. The number of aromatic amines is 1. The first-order valence-corrected chi connectivity index (χ1v) is 8.57. The molecule has 4 rings (SSSR count). The SMILES string of the molecule is CC(Cn1cncn1)n1cnc(-c2ccc(F)cc2F)c1-c1ccc[nH]c1=O. The molecule has 1 aromatic carbocycles. The Bertz CT molecular complexity index is 1170. The lowest BCUT2D eigenvalue weighted by Gasteiger charge is -2.17. The third-order valence-electron chi connectivity index (χ3n) is 4.45. The van der Waals surface area contributed by atoms with Crippen LogP contribution in [0.5, 0.6) is 0 Å². The van der Waals surface area contributed by atoms with Crippen LogP contribution in [-0.4, -0.2) is 29.3 Å². The van der Waals surface area contributed by atoms with Crippen LogP contribution in [0.3, 0.4) is 0 Å². The fourth-order valence-electron chi connectivity index (χ4n) is 3.13. The first-order chi connectivity index (χ1) is 13.5. The largest absolute Gasteiger partial charge is 0.329 e. The van der Waals surface area contributed by atoms with Gasteiger partial charge in [0, 0.05) is 17.8 Å². The third-order valence-corrected chi connectivity index (χ3v) is 4.45. The summed E-state index contributed by atoms with van der Waals surface area (Å²) in [5.41, 5.74) is 0.830. The van der Waals surface area contributed by atoms with Crippen molar-refractivity contribution in [3.05, 3.63) is 77.5 Å². The smallest absolute Gasteiger partial charge is 0.257 e. The van der Waals surface area contributed by atoms with E-state index in [0.717, 1.165) is 12.1 Å². The Morgan fingerprint density at radius 3 is 2.75 bits per heavy atom. The minimum atomic E-state index is -0.747. The Morgan fingerprint density at radius 1 is 1.18 bits per heavy atom. The fourth-order valence-corrected chi connectivity index (χ4v) is 3.13. The highest BCUT2D eigenvalue weighted by molar-refractivity contribution is 5.78. The van der Waals surface area contributed by atoms with Crippen LogP contribution in [0.2, 0.25) is 0 Å². The second-order valence-corrected chi connectivity index (χ2v) is 6.35. The molecule has 0 saturated carbocycles. The van der Waals surface area contributed by atoms with Gasteiger partial charge in [0.05, 0.1) is 35.9 Å². The molecule has 3 heterocycles. The summed E-state index contributed by atoms with van der Waals surface area (Å²) in [6.45, 7) is 2.40. The summed E-state index contributed by atoms with van der Waals surface area (Å²) in [7, 11) is 0. The van der Waals surface area contributed by atoms with E-state index in [-0.39, 0.29) is 22.9 Å². The molecule has 0 saturated heterocycles. The summed E-state index contributed by atoms with van der Waals surface area (Å²) in [6.07, 6.45) is 6.08. The normalized spacial score (nSPS) is 12.2. The van der Waals surface area contributed by atoms with Gasteiger partial charge in [-0.1, -0.05) is 0 Å². The molecule has 142 valence electrons. The van der Waals surface area contributed by atoms with E-state index in [2.05, 4.69) is 20.1 Å². The number of H-pyrrole nitrogens is 1. The Morgan fingerprint density at radius 2 is 2.04 bits per heavy atom. The Kier molecular flexibility index (Phi) is 4.56. The van der Waals surface area contributed by atoms with Gasteiger partial charge >= 0.3 is 0 Å². The van der Waals surface area contributed by atoms with Crippen molar-refractivity contribution in [3.63, 3.8) is 0 Å². The van der Waals surface area contributed by atoms with Gasteiger partial charge in [-0.15, -0.1) is 0 Å². The maximum Gasteiger partial charge on any atom is 0.257 e. The number of rotatable bonds is 5. The number of halogens is 2. The maximum atomic E-state index is 14.5. The van der Waals surface area contributed by atoms with Crippen LogP contribution < -0.4 is 5.56 Å². The molecule has 0 aliphatic heterocycles. The Labute approximate surface area is 158 Å². The van der Waals surface area contributed by atoms with Crippen molar-refractivity contribution < 1.29 is 8.78 Å². The van der Waals surface area contributed by atoms with E-state index in [4.69, 9.17) is 0 Å². The summed E-state index contributed by atoms with van der Waals surface area (Å²) in [5.74, 6) is -1.43. The number of imidazole rings is 1. The first-order valence-electron chi connectivity index (χ1n) is 8.57. The standard InChI is InChI=1S/C19H16F2N6O/c1-12(8-26-10-22-9-25-26)27-11-24-17(14-5-4-13(20)7-16(14)21)18(27)15-3-2-6-23-19(15)28/h2-7,9-12H,8H2,1H3,(H,23,28). The van der Waals surface area contributed by atoms with Crippen LogP contribution in [0.15, 0.2) is 60.3 Å². The highest BCUT2D eigenvalue weighted by Crippen LogP contribution is 2.33. The van der Waals surface area contributed by atoms with Gasteiger partial charge in [-0.3, -0.25) is 9.48 Å². The van der Waals surface area contributed by atoms with Gasteiger partial charge in [0.25, 0.3) is 5.56 Å². The first kappa shape index (κ1) is 17.8. The molecule has 7 nitrogen and oxygen atoms in total. The van der Waals surface area contributed by atoms with Crippen LogP contribution in [0.4, 0.5) is 8.78 Å². The van der Waals surface area contributed by atoms with E-state index in [0.29, 0.717) is 17.8 Å². The van der Waals surface area contributed by atoms with Gasteiger partial charge in [-0.2, -0.15) is 5.10 Å². The van der Waals surface area contributed by atoms with E-state index in [1.807, 2.05) is 6.92 Å². The van der Waals surface area contributed by atoms with E-state index in [9.17, 15) is 13.6 Å². The van der Waals surface area contributed by atoms with Crippen molar-refractivity contribution in [3.8, 4) is 22.5 Å². The number of nitrogens with zero attached hydrogens (tertiary/aromatic N) is 5. The monoisotopic (exact) mass is 382 g/mol. The average molecular weight is 382 g/mol. The predicted octanol–water partition coefficient (Wildman–Crippen LogP) is 3.04. The van der Waals surface area contributed by atoms with Crippen LogP contribution in [0.1, 0.15) is 13.0 Å². The minimum absolute atomic E-state index is 0.117. The van der Waals surface area contributed by atoms with Gasteiger partial charge in [-0.25, -0.2) is 18.7 Å². The molecule has 1 atom stereocenters. The molecule has 1 unspecified atom stereocenters. The molecule has 0 bridgehead atoms. The number of nitrogens with one attached hydrogen (secondary N) is 1. The van der Waals surface area contributed by atoms with Crippen molar-refractivity contribution in [1.29, 1.82) is 0 Å². The molecule has 0 radical (unpaired) electrons. The van der Waals surface area contributed by atoms with Gasteiger partial charge < -0.3 is 9.55 Å². The molecular formula is C19H16F2N6O. The second kappa shape index (κ2) is 7.18. The van der Waals surface area contributed by atoms with E-state index < -0.39 is 11.6 Å². The lowest BCUT2D eigenvalue weighted by molar-refractivity contribution is 0.439. The van der Waals surface area contributed by atoms with Gasteiger partial charge in [-0.05, 0) is 31.2 Å². The number of pyridine rings is 1. The van der Waals surface area contributed by atoms with Crippen molar-refractivity contribution in [2.75, 3.05) is 0 Å². The Hall–Kier alpha value is -3.62. The summed E-state index contributed by atoms with van der Waals surface area (Å²) < 4.78 is 31.2. The minimum Gasteiger partial charge on any atom is -0.329 e. The molecule has 4 aromatic rings. The highest BCUT2D eigenvalue weighted by Gasteiger charge is 2.22. The van der Waals surface area contributed by atoms with Crippen molar-refractivity contribution >= 4 is 0 Å². The lowest BCUT2D eigenvalue weighted by Crippen LogP contribution is -2.16. The van der Waals surface area contributed by atoms with E-state index in [1.165, 1.54) is 18.6 Å². The highest BCUT2D eigenvalue weighted by atomic mass is 19.1. The van der Waals surface area contributed by atoms with Crippen molar-refractivity contribution in [2.45, 2.75) is 19.5 Å². The van der Waals surface area contributed by atoms with Gasteiger partial charge in [0.2, 0.25) is 0 Å². The topological polar surface area (TPSA) is 81.4 Å². The molecule has 0 aliphatic rings. The molecule has 0 aliphatic carbocycles. The molecular weight excluding hydrogens is 366 g/mol. The van der Waals surface area contributed by atoms with Crippen molar-refractivity contribution in [2.24, 2.45) is 0 Å². The summed E-state index contributed by atoms with van der Waals surface area (Å²) in [5, 5.41) is 4.09. The lowest BCUT2D eigenvalue weighted by atomic mass is 10.0. The molecule has 0 fully saturated rings. The molecule has 3 aromatic heterocycles. The quantitative estimate of drug-likeness (QED) is 0.575. The number of benzene rings is 1. The van der Waals surface area contributed by atoms with Crippen LogP contribution in [0.25, 0.3) is 22.5 Å². The van der Waals surface area contributed by atoms with Crippen molar-refractivity contribution in [1.82, 2.24) is 29.3 Å². The fraction of sp³-hybridized carbons (Fsp3) is 0.158. The second-order valence-electron chi connectivity index (χ2n) is 6.35. The average Bonchev–Trinajstić information content (AvgIpc) is 3.32. The van der Waals surface area contributed by atoms with E-state index >= 15 is 0 Å².